The summed E-state index contributed by atoms with van der Waals surface area (Å²) in [6, 6.07) is 13.9. The number of thioether (sulfide) groups is 1. The molecular formula is C16H13BrClNOS. The summed E-state index contributed by atoms with van der Waals surface area (Å²) in [6.45, 7) is 1.96. The summed E-state index contributed by atoms with van der Waals surface area (Å²) in [5.74, 6) is 0.611. The number of rotatable bonds is 2. The minimum Gasteiger partial charge on any atom is -0.295 e. The van der Waals surface area contributed by atoms with Crippen molar-refractivity contribution in [1.82, 2.24) is 0 Å². The number of carbonyl (C=O) groups excluding carboxylic acids is 1. The molecule has 0 aliphatic carbocycles. The van der Waals surface area contributed by atoms with E-state index >= 15 is 0 Å². The molecule has 0 radical (unpaired) electrons. The van der Waals surface area contributed by atoms with Crippen LogP contribution in [-0.4, -0.2) is 11.7 Å². The maximum absolute atomic E-state index is 12.3. The van der Waals surface area contributed by atoms with E-state index in [0.29, 0.717) is 10.8 Å². The normalized spacial score (nSPS) is 18.3. The molecule has 0 N–H and O–H groups in total. The molecule has 3 rings (SSSR count). The maximum Gasteiger partial charge on any atom is 0.238 e. The molecule has 0 bridgehead atoms. The van der Waals surface area contributed by atoms with Gasteiger partial charge in [0.2, 0.25) is 5.91 Å². The van der Waals surface area contributed by atoms with E-state index in [1.54, 1.807) is 11.8 Å². The van der Waals surface area contributed by atoms with Crippen LogP contribution in [-0.2, 0) is 4.79 Å². The van der Waals surface area contributed by atoms with E-state index < -0.39 is 0 Å². The molecular weight excluding hydrogens is 370 g/mol. The van der Waals surface area contributed by atoms with E-state index in [-0.39, 0.29) is 11.3 Å². The highest BCUT2D eigenvalue weighted by Crippen LogP contribution is 2.42. The number of anilines is 1. The van der Waals surface area contributed by atoms with Gasteiger partial charge in [0, 0.05) is 15.2 Å². The highest BCUT2D eigenvalue weighted by molar-refractivity contribution is 9.10. The Labute approximate surface area is 141 Å². The van der Waals surface area contributed by atoms with Crippen LogP contribution in [0.1, 0.15) is 16.5 Å². The summed E-state index contributed by atoms with van der Waals surface area (Å²) in [5, 5.41) is 0.691. The lowest BCUT2D eigenvalue weighted by Gasteiger charge is -2.24. The zero-order chi connectivity index (χ0) is 15.0. The summed E-state index contributed by atoms with van der Waals surface area (Å²) < 4.78 is 1.03. The molecule has 2 aromatic rings. The van der Waals surface area contributed by atoms with E-state index in [2.05, 4.69) is 15.9 Å². The number of hydrogen-bond acceptors (Lipinski definition) is 2. The highest BCUT2D eigenvalue weighted by Gasteiger charge is 2.34. The fraction of sp³-hybridized carbons (Fsp3) is 0.188. The molecule has 1 amide bonds. The van der Waals surface area contributed by atoms with Gasteiger partial charge in [0.25, 0.3) is 0 Å². The third kappa shape index (κ3) is 2.98. The van der Waals surface area contributed by atoms with Crippen LogP contribution >= 0.6 is 39.3 Å². The quantitative estimate of drug-likeness (QED) is 0.712. The van der Waals surface area contributed by atoms with Crippen molar-refractivity contribution in [3.8, 4) is 0 Å². The second-order valence-electron chi connectivity index (χ2n) is 4.91. The molecule has 1 atom stereocenters. The smallest absolute Gasteiger partial charge is 0.238 e. The molecule has 0 spiro atoms. The Hall–Kier alpha value is -0.970. The Morgan fingerprint density at radius 2 is 1.95 bits per heavy atom. The zero-order valence-corrected chi connectivity index (χ0v) is 14.5. The minimum atomic E-state index is 0.00405. The summed E-state index contributed by atoms with van der Waals surface area (Å²) in [7, 11) is 0. The molecule has 0 aromatic heterocycles. The van der Waals surface area contributed by atoms with Crippen LogP contribution in [0.4, 0.5) is 5.69 Å². The molecule has 1 saturated heterocycles. The molecule has 1 aliphatic rings. The van der Waals surface area contributed by atoms with Gasteiger partial charge in [0.05, 0.1) is 5.75 Å². The van der Waals surface area contributed by atoms with Crippen LogP contribution in [0, 0.1) is 6.92 Å². The van der Waals surface area contributed by atoms with E-state index in [1.807, 2.05) is 54.3 Å². The summed E-state index contributed by atoms with van der Waals surface area (Å²) in [6.07, 6.45) is 0. The highest BCUT2D eigenvalue weighted by atomic mass is 79.9. The van der Waals surface area contributed by atoms with Crippen LogP contribution in [0.2, 0.25) is 5.02 Å². The Kier molecular flexibility index (Phi) is 4.29. The first-order valence-corrected chi connectivity index (χ1v) is 8.73. The van der Waals surface area contributed by atoms with Crippen LogP contribution in [0.5, 0.6) is 0 Å². The number of hydrogen-bond donors (Lipinski definition) is 0. The van der Waals surface area contributed by atoms with Crippen molar-refractivity contribution in [3.05, 3.63) is 63.1 Å². The van der Waals surface area contributed by atoms with Crippen molar-refractivity contribution in [2.75, 3.05) is 10.7 Å². The first-order valence-electron chi connectivity index (χ1n) is 6.51. The van der Waals surface area contributed by atoms with Crippen molar-refractivity contribution in [3.63, 3.8) is 0 Å². The molecule has 5 heteroatoms. The summed E-state index contributed by atoms with van der Waals surface area (Å²) in [5.41, 5.74) is 2.99. The van der Waals surface area contributed by atoms with Crippen LogP contribution in [0.25, 0.3) is 0 Å². The van der Waals surface area contributed by atoms with Gasteiger partial charge in [-0.3, -0.25) is 9.69 Å². The number of amides is 1. The van der Waals surface area contributed by atoms with Gasteiger partial charge >= 0.3 is 0 Å². The fourth-order valence-corrected chi connectivity index (χ4v) is 3.93. The van der Waals surface area contributed by atoms with Crippen LogP contribution in [0.15, 0.2) is 46.9 Å². The molecule has 21 heavy (non-hydrogen) atoms. The van der Waals surface area contributed by atoms with E-state index in [0.717, 1.165) is 21.3 Å². The van der Waals surface area contributed by atoms with Crippen molar-refractivity contribution in [1.29, 1.82) is 0 Å². The van der Waals surface area contributed by atoms with Gasteiger partial charge in [-0.2, -0.15) is 0 Å². The SMILES string of the molecule is Cc1ccc(N2C(=O)CS[C@@H]2c2ccc(Br)cc2)cc1Cl. The fourth-order valence-electron chi connectivity index (χ4n) is 2.31. The third-order valence-electron chi connectivity index (χ3n) is 3.46. The van der Waals surface area contributed by atoms with Crippen molar-refractivity contribution in [2.45, 2.75) is 12.3 Å². The zero-order valence-electron chi connectivity index (χ0n) is 11.3. The molecule has 108 valence electrons. The molecule has 1 fully saturated rings. The lowest BCUT2D eigenvalue weighted by atomic mass is 10.1. The van der Waals surface area contributed by atoms with Gasteiger partial charge in [-0.25, -0.2) is 0 Å². The second-order valence-corrected chi connectivity index (χ2v) is 7.30. The van der Waals surface area contributed by atoms with Gasteiger partial charge < -0.3 is 0 Å². The van der Waals surface area contributed by atoms with Gasteiger partial charge in [-0.15, -0.1) is 11.8 Å². The molecule has 1 heterocycles. The van der Waals surface area contributed by atoms with Crippen LogP contribution < -0.4 is 4.90 Å². The Balaban J connectivity index is 1.99. The Morgan fingerprint density at radius 3 is 2.62 bits per heavy atom. The van der Waals surface area contributed by atoms with Crippen LogP contribution in [0.3, 0.4) is 0 Å². The Morgan fingerprint density at radius 1 is 1.24 bits per heavy atom. The number of benzene rings is 2. The first-order chi connectivity index (χ1) is 10.1. The average molecular weight is 383 g/mol. The van der Waals surface area contributed by atoms with Gasteiger partial charge in [-0.1, -0.05) is 45.7 Å². The largest absolute Gasteiger partial charge is 0.295 e. The molecule has 1 aliphatic heterocycles. The summed E-state index contributed by atoms with van der Waals surface area (Å²) >= 11 is 11.3. The summed E-state index contributed by atoms with van der Waals surface area (Å²) in [4.78, 5) is 14.1. The third-order valence-corrected chi connectivity index (χ3v) is 5.60. The number of nitrogens with zero attached hydrogens (tertiary/aromatic N) is 1. The van der Waals surface area contributed by atoms with Gasteiger partial charge in [0.1, 0.15) is 5.37 Å². The molecule has 2 nitrogen and oxygen atoms in total. The monoisotopic (exact) mass is 381 g/mol. The number of carbonyl (C=O) groups is 1. The molecule has 0 unspecified atom stereocenters. The molecule has 2 aromatic carbocycles. The van der Waals surface area contributed by atoms with Crippen molar-refractivity contribution < 1.29 is 4.79 Å². The Bertz CT molecular complexity index is 689. The van der Waals surface area contributed by atoms with E-state index in [9.17, 15) is 4.79 Å². The average Bonchev–Trinajstić information content (AvgIpc) is 2.85. The lowest BCUT2D eigenvalue weighted by molar-refractivity contribution is -0.115. The maximum atomic E-state index is 12.3. The predicted octanol–water partition coefficient (Wildman–Crippen LogP) is 5.19. The molecule has 0 saturated carbocycles. The predicted molar refractivity (Wildman–Crippen MR) is 93.0 cm³/mol. The first kappa shape index (κ1) is 14.9. The number of aryl methyl sites for hydroxylation is 1. The minimum absolute atomic E-state index is 0.00405. The second kappa shape index (κ2) is 6.03. The van der Waals surface area contributed by atoms with Crippen molar-refractivity contribution >= 4 is 50.9 Å². The topological polar surface area (TPSA) is 20.3 Å². The number of halogens is 2. The lowest BCUT2D eigenvalue weighted by Crippen LogP contribution is -2.27. The van der Waals surface area contributed by atoms with E-state index in [1.165, 1.54) is 0 Å². The van der Waals surface area contributed by atoms with E-state index in [4.69, 9.17) is 11.6 Å². The standard InChI is InChI=1S/C16H13BrClNOS/c1-10-2-7-13(8-14(10)18)19-15(20)9-21-16(19)11-3-5-12(17)6-4-11/h2-8,16H,9H2,1H3/t16-/m1/s1. The van der Waals surface area contributed by atoms with Gasteiger partial charge in [-0.05, 0) is 42.3 Å². The van der Waals surface area contributed by atoms with Gasteiger partial charge in [0.15, 0.2) is 0 Å². The van der Waals surface area contributed by atoms with Crippen molar-refractivity contribution in [2.24, 2.45) is 0 Å².